The van der Waals surface area contributed by atoms with Gasteiger partial charge in [0, 0.05) is 12.7 Å². The Hall–Kier alpha value is -1.72. The van der Waals surface area contributed by atoms with Crippen LogP contribution in [0.4, 0.5) is 5.69 Å². The van der Waals surface area contributed by atoms with Gasteiger partial charge in [-0.1, -0.05) is 36.1 Å². The molecule has 1 heterocycles. The highest BCUT2D eigenvalue weighted by molar-refractivity contribution is 7.10. The van der Waals surface area contributed by atoms with Crippen molar-refractivity contribution in [3.05, 3.63) is 52.7 Å². The van der Waals surface area contributed by atoms with Crippen molar-refractivity contribution in [2.75, 3.05) is 11.9 Å². The van der Waals surface area contributed by atoms with Gasteiger partial charge in [-0.15, -0.1) is 11.3 Å². The first kappa shape index (κ1) is 11.8. The summed E-state index contributed by atoms with van der Waals surface area (Å²) in [7, 11) is 2.07. The summed E-state index contributed by atoms with van der Waals surface area (Å²) < 4.78 is 0. The molecule has 1 nitrogen and oxygen atoms in total. The van der Waals surface area contributed by atoms with Gasteiger partial charge in [-0.3, -0.25) is 0 Å². The molecule has 0 amide bonds. The van der Waals surface area contributed by atoms with Crippen LogP contribution in [0.5, 0.6) is 0 Å². The van der Waals surface area contributed by atoms with E-state index in [0.29, 0.717) is 0 Å². The maximum Gasteiger partial charge on any atom is 0.0876 e. The van der Waals surface area contributed by atoms with E-state index in [1.54, 1.807) is 11.3 Å². The molecule has 1 aromatic carbocycles. The molecule has 0 radical (unpaired) electrons. The second-order valence-corrected chi connectivity index (χ2v) is 4.82. The minimum Gasteiger partial charge on any atom is -0.361 e. The Morgan fingerprint density at radius 3 is 2.53 bits per heavy atom. The Morgan fingerprint density at radius 2 is 1.88 bits per heavy atom. The molecule has 2 heteroatoms. The molecule has 0 spiro atoms. The molecule has 0 fully saturated rings. The second kappa shape index (κ2) is 5.56. The molecule has 2 rings (SSSR count). The minimum atomic E-state index is 0.208. The Bertz CT molecular complexity index is 505. The largest absolute Gasteiger partial charge is 0.361 e. The topological polar surface area (TPSA) is 3.24 Å². The van der Waals surface area contributed by atoms with Crippen LogP contribution in [0.2, 0.25) is 0 Å². The van der Waals surface area contributed by atoms with Crippen LogP contribution in [0.25, 0.3) is 0 Å². The number of rotatable bonds is 2. The SMILES string of the molecule is C[C@H](C#Cc1cccs1)N(C)c1ccccc1. The van der Waals surface area contributed by atoms with Crippen molar-refractivity contribution in [1.82, 2.24) is 0 Å². The molecule has 0 aliphatic rings. The highest BCUT2D eigenvalue weighted by Gasteiger charge is 2.05. The molecule has 0 saturated heterocycles. The molecule has 1 atom stereocenters. The van der Waals surface area contributed by atoms with Crippen LogP contribution in [-0.4, -0.2) is 13.1 Å². The molecule has 86 valence electrons. The summed E-state index contributed by atoms with van der Waals surface area (Å²) in [5.74, 6) is 6.47. The van der Waals surface area contributed by atoms with Crippen molar-refractivity contribution in [3.63, 3.8) is 0 Å². The Labute approximate surface area is 107 Å². The van der Waals surface area contributed by atoms with Crippen molar-refractivity contribution in [2.45, 2.75) is 13.0 Å². The van der Waals surface area contributed by atoms with E-state index in [1.165, 1.54) is 5.69 Å². The van der Waals surface area contributed by atoms with Crippen molar-refractivity contribution in [1.29, 1.82) is 0 Å². The number of hydrogen-bond donors (Lipinski definition) is 0. The lowest BCUT2D eigenvalue weighted by Gasteiger charge is -2.22. The number of thiophene rings is 1. The number of hydrogen-bond acceptors (Lipinski definition) is 2. The van der Waals surface area contributed by atoms with Gasteiger partial charge in [0.15, 0.2) is 0 Å². The third-order valence-corrected chi connectivity index (χ3v) is 3.46. The lowest BCUT2D eigenvalue weighted by molar-refractivity contribution is 0.847. The van der Waals surface area contributed by atoms with Crippen LogP contribution in [-0.2, 0) is 0 Å². The zero-order valence-electron chi connectivity index (χ0n) is 10.1. The molecule has 0 N–H and O–H groups in total. The highest BCUT2D eigenvalue weighted by Crippen LogP contribution is 2.14. The summed E-state index contributed by atoms with van der Waals surface area (Å²) in [5, 5.41) is 2.05. The second-order valence-electron chi connectivity index (χ2n) is 3.87. The van der Waals surface area contributed by atoms with Crippen molar-refractivity contribution in [3.8, 4) is 11.8 Å². The molecular formula is C15H15NS. The molecular weight excluding hydrogens is 226 g/mol. The van der Waals surface area contributed by atoms with E-state index in [0.717, 1.165) is 4.88 Å². The summed E-state index contributed by atoms with van der Waals surface area (Å²) in [6.45, 7) is 2.12. The Morgan fingerprint density at radius 1 is 1.12 bits per heavy atom. The normalized spacial score (nSPS) is 11.4. The third kappa shape index (κ3) is 3.12. The number of anilines is 1. The first-order valence-electron chi connectivity index (χ1n) is 5.60. The molecule has 0 aliphatic carbocycles. The lowest BCUT2D eigenvalue weighted by Crippen LogP contribution is -2.27. The molecule has 1 aromatic heterocycles. The van der Waals surface area contributed by atoms with Crippen LogP contribution < -0.4 is 4.90 Å². The summed E-state index contributed by atoms with van der Waals surface area (Å²) in [6.07, 6.45) is 0. The summed E-state index contributed by atoms with van der Waals surface area (Å²) in [4.78, 5) is 3.30. The lowest BCUT2D eigenvalue weighted by atomic mass is 10.2. The average molecular weight is 241 g/mol. The first-order valence-corrected chi connectivity index (χ1v) is 6.48. The van der Waals surface area contributed by atoms with E-state index in [-0.39, 0.29) is 6.04 Å². The van der Waals surface area contributed by atoms with Crippen LogP contribution >= 0.6 is 11.3 Å². The number of nitrogens with zero attached hydrogens (tertiary/aromatic N) is 1. The van der Waals surface area contributed by atoms with E-state index in [4.69, 9.17) is 0 Å². The fourth-order valence-electron chi connectivity index (χ4n) is 1.51. The van der Waals surface area contributed by atoms with Crippen LogP contribution in [0.15, 0.2) is 47.8 Å². The molecule has 17 heavy (non-hydrogen) atoms. The van der Waals surface area contributed by atoms with Gasteiger partial charge in [-0.25, -0.2) is 0 Å². The maximum atomic E-state index is 3.27. The van der Waals surface area contributed by atoms with E-state index in [2.05, 4.69) is 48.2 Å². The summed E-state index contributed by atoms with van der Waals surface area (Å²) in [5.41, 5.74) is 1.19. The van der Waals surface area contributed by atoms with Gasteiger partial charge in [-0.2, -0.15) is 0 Å². The van der Waals surface area contributed by atoms with Crippen molar-refractivity contribution < 1.29 is 0 Å². The van der Waals surface area contributed by atoms with E-state index in [9.17, 15) is 0 Å². The van der Waals surface area contributed by atoms with Crippen LogP contribution in [0, 0.1) is 11.8 Å². The highest BCUT2D eigenvalue weighted by atomic mass is 32.1. The Kier molecular flexibility index (Phi) is 3.85. The maximum absolute atomic E-state index is 3.27. The predicted molar refractivity (Wildman–Crippen MR) is 75.5 cm³/mol. The number of para-hydroxylation sites is 1. The van der Waals surface area contributed by atoms with E-state index < -0.39 is 0 Å². The zero-order valence-corrected chi connectivity index (χ0v) is 10.9. The van der Waals surface area contributed by atoms with Gasteiger partial charge in [0.25, 0.3) is 0 Å². The Balaban J connectivity index is 2.08. The van der Waals surface area contributed by atoms with Crippen LogP contribution in [0.3, 0.4) is 0 Å². The first-order chi connectivity index (χ1) is 8.27. The molecule has 2 aromatic rings. The fraction of sp³-hybridized carbons (Fsp3) is 0.200. The van der Waals surface area contributed by atoms with Gasteiger partial charge in [-0.05, 0) is 30.5 Å². The molecule has 0 bridgehead atoms. The third-order valence-electron chi connectivity index (χ3n) is 2.67. The average Bonchev–Trinajstić information content (AvgIpc) is 2.89. The van der Waals surface area contributed by atoms with Gasteiger partial charge in [0.1, 0.15) is 0 Å². The predicted octanol–water partition coefficient (Wildman–Crippen LogP) is 3.62. The van der Waals surface area contributed by atoms with Crippen molar-refractivity contribution >= 4 is 17.0 Å². The van der Waals surface area contributed by atoms with Crippen molar-refractivity contribution in [2.24, 2.45) is 0 Å². The fourth-order valence-corrected chi connectivity index (χ4v) is 2.09. The van der Waals surface area contributed by atoms with E-state index >= 15 is 0 Å². The smallest absolute Gasteiger partial charge is 0.0876 e. The van der Waals surface area contributed by atoms with Crippen LogP contribution in [0.1, 0.15) is 11.8 Å². The zero-order chi connectivity index (χ0) is 12.1. The monoisotopic (exact) mass is 241 g/mol. The van der Waals surface area contributed by atoms with E-state index in [1.807, 2.05) is 30.3 Å². The standard InChI is InChI=1S/C15H15NS/c1-13(10-11-15-9-6-12-17-15)16(2)14-7-4-3-5-8-14/h3-9,12-13H,1-2H3/t13-/m1/s1. The van der Waals surface area contributed by atoms with Gasteiger partial charge >= 0.3 is 0 Å². The summed E-state index contributed by atoms with van der Waals surface area (Å²) >= 11 is 1.68. The van der Waals surface area contributed by atoms with Gasteiger partial charge in [0.05, 0.1) is 10.9 Å². The summed E-state index contributed by atoms with van der Waals surface area (Å²) in [6, 6.07) is 14.6. The van der Waals surface area contributed by atoms with Gasteiger partial charge in [0.2, 0.25) is 0 Å². The molecule has 0 saturated carbocycles. The number of benzene rings is 1. The van der Waals surface area contributed by atoms with Gasteiger partial charge < -0.3 is 4.90 Å². The molecule has 0 unspecified atom stereocenters. The minimum absolute atomic E-state index is 0.208. The molecule has 0 aliphatic heterocycles. The quantitative estimate of drug-likeness (QED) is 0.726.